The fourth-order valence-electron chi connectivity index (χ4n) is 0. The molecular formula is C4H12BaO4Pb. The molecule has 4 nitrogen and oxygen atoms in total. The molecule has 0 saturated heterocycles. The topological polar surface area (TPSA) is 74.6 Å². The average molecular weight is 469 g/mol. The summed E-state index contributed by atoms with van der Waals surface area (Å²) in [5.74, 6) is -1.67. The van der Waals surface area contributed by atoms with Crippen LogP contribution >= 0.6 is 0 Å². The van der Waals surface area contributed by atoms with Crippen molar-refractivity contribution in [1.82, 2.24) is 0 Å². The molecule has 0 fully saturated rings. The molecule has 0 unspecified atom stereocenters. The Hall–Kier alpha value is 1.43. The van der Waals surface area contributed by atoms with Crippen LogP contribution in [0.1, 0.15) is 16.7 Å². The number of carbonyl (C=O) groups is 2. The van der Waals surface area contributed by atoms with Crippen LogP contribution in [0, 0.1) is 0 Å². The van der Waals surface area contributed by atoms with Crippen molar-refractivity contribution in [2.24, 2.45) is 0 Å². The summed E-state index contributed by atoms with van der Waals surface area (Å²) in [6.45, 7) is 2.17. The first-order valence-electron chi connectivity index (χ1n) is 1.86. The van der Waals surface area contributed by atoms with E-state index in [2.05, 4.69) is 0 Å². The SMILES string of the molecule is CC(=O)O.CC(=O)O.[Ba+2].[H-].[H-].[PbH2]. The van der Waals surface area contributed by atoms with Crippen molar-refractivity contribution in [3.05, 3.63) is 0 Å². The van der Waals surface area contributed by atoms with E-state index in [0.29, 0.717) is 0 Å². The zero-order chi connectivity index (χ0) is 7.15. The van der Waals surface area contributed by atoms with Gasteiger partial charge in [0.15, 0.2) is 0 Å². The Kier molecular flexibility index (Phi) is 37.8. The van der Waals surface area contributed by atoms with Crippen molar-refractivity contribution >= 4 is 88.1 Å². The number of aliphatic carboxylic acids is 2. The van der Waals surface area contributed by atoms with Gasteiger partial charge in [0.1, 0.15) is 0 Å². The van der Waals surface area contributed by atoms with E-state index < -0.39 is 11.9 Å². The van der Waals surface area contributed by atoms with Crippen molar-refractivity contribution in [3.63, 3.8) is 0 Å². The maximum atomic E-state index is 9.00. The van der Waals surface area contributed by atoms with Gasteiger partial charge in [0.25, 0.3) is 11.9 Å². The molecule has 0 aliphatic rings. The van der Waals surface area contributed by atoms with Gasteiger partial charge in [-0.15, -0.1) is 0 Å². The summed E-state index contributed by atoms with van der Waals surface area (Å²) in [7, 11) is 0. The number of carboxylic acid groups (broad SMARTS) is 2. The molecule has 0 aliphatic heterocycles. The van der Waals surface area contributed by atoms with E-state index in [1.165, 1.54) is 0 Å². The summed E-state index contributed by atoms with van der Waals surface area (Å²) in [5.41, 5.74) is 0. The standard InChI is InChI=1S/2C2H4O2.Ba.Pb.4H/c2*1-2(3)4;;;;;;/h2*1H3,(H,3,4);;;;;;/q;;+2;;;;2*-1. The van der Waals surface area contributed by atoms with Crippen LogP contribution in [0.15, 0.2) is 0 Å². The molecule has 6 heteroatoms. The molecule has 0 atom stereocenters. The Bertz CT molecular complexity index is 83.1. The summed E-state index contributed by atoms with van der Waals surface area (Å²) in [6, 6.07) is 0. The molecule has 58 valence electrons. The molecule has 0 rings (SSSR count). The molecule has 0 bridgehead atoms. The fraction of sp³-hybridized carbons (Fsp3) is 0.500. The van der Waals surface area contributed by atoms with Crippen molar-refractivity contribution in [2.75, 3.05) is 0 Å². The molecule has 0 aromatic heterocycles. The van der Waals surface area contributed by atoms with E-state index >= 15 is 0 Å². The molecule has 0 aromatic rings. The summed E-state index contributed by atoms with van der Waals surface area (Å²) < 4.78 is 0. The quantitative estimate of drug-likeness (QED) is 0.453. The van der Waals surface area contributed by atoms with Crippen LogP contribution in [0.2, 0.25) is 0 Å². The Morgan fingerprint density at radius 1 is 1.10 bits per heavy atom. The third-order valence-corrected chi connectivity index (χ3v) is 0. The molecule has 2 N–H and O–H groups in total. The Labute approximate surface area is 123 Å². The Morgan fingerprint density at radius 2 is 1.10 bits per heavy atom. The molecule has 10 heavy (non-hydrogen) atoms. The second-order valence-electron chi connectivity index (χ2n) is 1.04. The van der Waals surface area contributed by atoms with Gasteiger partial charge in [-0.2, -0.15) is 0 Å². The van der Waals surface area contributed by atoms with E-state index in [1.54, 1.807) is 0 Å². The van der Waals surface area contributed by atoms with E-state index in [0.717, 1.165) is 13.8 Å². The summed E-state index contributed by atoms with van der Waals surface area (Å²) in [6.07, 6.45) is 0. The van der Waals surface area contributed by atoms with Crippen LogP contribution in [-0.4, -0.2) is 98.3 Å². The third kappa shape index (κ3) is 327. The predicted octanol–water partition coefficient (Wildman–Crippen LogP) is -0.890. The molecule has 0 heterocycles. The minimum absolute atomic E-state index is 0. The monoisotopic (exact) mass is 470 g/mol. The molecule has 0 amide bonds. The van der Waals surface area contributed by atoms with Gasteiger partial charge in [-0.05, 0) is 0 Å². The van der Waals surface area contributed by atoms with Crippen LogP contribution in [0.25, 0.3) is 0 Å². The van der Waals surface area contributed by atoms with Gasteiger partial charge in [0.05, 0.1) is 0 Å². The van der Waals surface area contributed by atoms with Gasteiger partial charge in [-0.3, -0.25) is 9.59 Å². The molecular weight excluding hydrogens is 457 g/mol. The first kappa shape index (κ1) is 22.5. The van der Waals surface area contributed by atoms with Crippen molar-refractivity contribution < 1.29 is 22.7 Å². The third-order valence-electron chi connectivity index (χ3n) is 0. The van der Waals surface area contributed by atoms with Gasteiger partial charge in [-0.25, -0.2) is 0 Å². The van der Waals surface area contributed by atoms with E-state index in [1.807, 2.05) is 0 Å². The molecule has 0 spiro atoms. The van der Waals surface area contributed by atoms with Gasteiger partial charge in [0.2, 0.25) is 0 Å². The maximum absolute atomic E-state index is 9.00. The van der Waals surface area contributed by atoms with E-state index in [9.17, 15) is 0 Å². The zero-order valence-electron chi connectivity index (χ0n) is 8.13. The first-order valence-corrected chi connectivity index (χ1v) is 1.86. The first-order chi connectivity index (χ1) is 3.46. The van der Waals surface area contributed by atoms with Gasteiger partial charge in [-0.1, -0.05) is 0 Å². The molecule has 0 saturated carbocycles. The van der Waals surface area contributed by atoms with Crippen molar-refractivity contribution in [1.29, 1.82) is 0 Å². The van der Waals surface area contributed by atoms with Gasteiger partial charge in [0, 0.05) is 13.8 Å². The van der Waals surface area contributed by atoms with Gasteiger partial charge < -0.3 is 13.1 Å². The van der Waals surface area contributed by atoms with E-state index in [-0.39, 0.29) is 79.0 Å². The van der Waals surface area contributed by atoms with Crippen LogP contribution in [0.5, 0.6) is 0 Å². The second-order valence-corrected chi connectivity index (χ2v) is 1.04. The van der Waals surface area contributed by atoms with Gasteiger partial charge >= 0.3 is 76.2 Å². The Morgan fingerprint density at radius 3 is 1.10 bits per heavy atom. The Balaban J connectivity index is -0.0000000112. The number of hydrogen-bond acceptors (Lipinski definition) is 2. The average Bonchev–Trinajstić information content (AvgIpc) is 1.25. The predicted molar refractivity (Wildman–Crippen MR) is 43.1 cm³/mol. The van der Waals surface area contributed by atoms with Crippen LogP contribution < -0.4 is 0 Å². The molecule has 0 aliphatic carbocycles. The number of hydrogen-bond donors (Lipinski definition) is 2. The van der Waals surface area contributed by atoms with Crippen LogP contribution in [0.3, 0.4) is 0 Å². The zero-order valence-corrected chi connectivity index (χ0v) is 16.1. The van der Waals surface area contributed by atoms with Crippen molar-refractivity contribution in [2.45, 2.75) is 13.8 Å². The summed E-state index contributed by atoms with van der Waals surface area (Å²) in [5, 5.41) is 14.8. The normalized spacial score (nSPS) is 5.00. The van der Waals surface area contributed by atoms with Crippen molar-refractivity contribution in [3.8, 4) is 0 Å². The molecule has 2 radical (unpaired) electrons. The fourth-order valence-corrected chi connectivity index (χ4v) is 0. The van der Waals surface area contributed by atoms with Crippen LogP contribution in [-0.2, 0) is 9.59 Å². The van der Waals surface area contributed by atoms with Crippen LogP contribution in [0.4, 0.5) is 0 Å². The molecule has 0 aromatic carbocycles. The van der Waals surface area contributed by atoms with E-state index in [4.69, 9.17) is 19.8 Å². The number of rotatable bonds is 0. The summed E-state index contributed by atoms with van der Waals surface area (Å²) >= 11 is 0. The summed E-state index contributed by atoms with van der Waals surface area (Å²) in [4.78, 5) is 18.0. The minimum atomic E-state index is -0.833. The second kappa shape index (κ2) is 16.8. The number of carboxylic acids is 2.